The van der Waals surface area contributed by atoms with Crippen LogP contribution in [0.15, 0.2) is 11.0 Å². The molecule has 1 aromatic rings. The first-order valence-corrected chi connectivity index (χ1v) is 12.8. The molecule has 0 atom stereocenters. The van der Waals surface area contributed by atoms with Gasteiger partial charge >= 0.3 is 0 Å². The first-order valence-electron chi connectivity index (χ1n) is 11.4. The third-order valence-corrected chi connectivity index (χ3v) is 9.22. The minimum absolute atomic E-state index is 0.0601. The monoisotopic (exact) mass is 450 g/mol. The number of piperazine rings is 1. The Morgan fingerprint density at radius 1 is 0.968 bits per heavy atom. The van der Waals surface area contributed by atoms with E-state index in [0.717, 1.165) is 55.0 Å². The number of aryl methyl sites for hydroxylation is 2. The van der Waals surface area contributed by atoms with E-state index in [-0.39, 0.29) is 11.8 Å². The molecule has 0 radical (unpaired) electrons. The minimum atomic E-state index is -3.56. The van der Waals surface area contributed by atoms with E-state index in [4.69, 9.17) is 0 Å². The smallest absolute Gasteiger partial charge is 0.243 e. The van der Waals surface area contributed by atoms with Crippen LogP contribution < -0.4 is 5.32 Å². The molecule has 1 aromatic carbocycles. The van der Waals surface area contributed by atoms with Crippen molar-refractivity contribution < 1.29 is 13.2 Å². The highest BCUT2D eigenvalue weighted by Gasteiger charge is 2.34. The zero-order chi connectivity index (χ0) is 22.8. The Morgan fingerprint density at radius 2 is 1.52 bits per heavy atom. The van der Waals surface area contributed by atoms with E-state index >= 15 is 0 Å². The summed E-state index contributed by atoms with van der Waals surface area (Å²) in [5.74, 6) is -0.0506. The van der Waals surface area contributed by atoms with Crippen LogP contribution in [-0.4, -0.2) is 87.8 Å². The molecule has 0 unspecified atom stereocenters. The van der Waals surface area contributed by atoms with E-state index in [0.29, 0.717) is 37.4 Å². The average molecular weight is 451 g/mol. The van der Waals surface area contributed by atoms with E-state index in [1.807, 2.05) is 33.8 Å². The van der Waals surface area contributed by atoms with Crippen molar-refractivity contribution in [3.05, 3.63) is 28.3 Å². The maximum absolute atomic E-state index is 13.4. The summed E-state index contributed by atoms with van der Waals surface area (Å²) < 4.78 is 28.4. The molecule has 0 aliphatic carbocycles. The summed E-state index contributed by atoms with van der Waals surface area (Å²) in [5.41, 5.74) is 3.64. The van der Waals surface area contributed by atoms with E-state index < -0.39 is 10.0 Å². The molecule has 31 heavy (non-hydrogen) atoms. The highest BCUT2D eigenvalue weighted by atomic mass is 32.2. The molecule has 2 aliphatic rings. The van der Waals surface area contributed by atoms with Crippen molar-refractivity contribution in [2.75, 3.05) is 59.4 Å². The second kappa shape index (κ2) is 9.98. The SMILES string of the molecule is Cc1cc(C)c(C)c(S(=O)(=O)N2CCC(C(=O)NCCN3CCN(C)CC3)CC2)c1C. The Hall–Kier alpha value is -1.48. The van der Waals surface area contributed by atoms with Crippen molar-refractivity contribution in [3.8, 4) is 0 Å². The molecular weight excluding hydrogens is 412 g/mol. The van der Waals surface area contributed by atoms with E-state index in [2.05, 4.69) is 22.2 Å². The van der Waals surface area contributed by atoms with Gasteiger partial charge in [-0.25, -0.2) is 8.42 Å². The summed E-state index contributed by atoms with van der Waals surface area (Å²) >= 11 is 0. The Kier molecular flexibility index (Phi) is 7.78. The number of amides is 1. The second-order valence-corrected chi connectivity index (χ2v) is 11.1. The summed E-state index contributed by atoms with van der Waals surface area (Å²) in [7, 11) is -1.43. The molecule has 7 nitrogen and oxygen atoms in total. The van der Waals surface area contributed by atoms with E-state index in [1.54, 1.807) is 4.31 Å². The lowest BCUT2D eigenvalue weighted by Crippen LogP contribution is -2.48. The molecule has 0 saturated carbocycles. The molecule has 1 N–H and O–H groups in total. The fourth-order valence-electron chi connectivity index (χ4n) is 4.61. The van der Waals surface area contributed by atoms with Crippen LogP contribution in [0.4, 0.5) is 0 Å². The lowest BCUT2D eigenvalue weighted by atomic mass is 9.97. The van der Waals surface area contributed by atoms with Crippen molar-refractivity contribution in [2.45, 2.75) is 45.4 Å². The topological polar surface area (TPSA) is 73.0 Å². The van der Waals surface area contributed by atoms with Gasteiger partial charge in [0.05, 0.1) is 4.90 Å². The van der Waals surface area contributed by atoms with Gasteiger partial charge < -0.3 is 10.2 Å². The minimum Gasteiger partial charge on any atom is -0.355 e. The molecule has 1 amide bonds. The molecule has 0 bridgehead atoms. The van der Waals surface area contributed by atoms with Gasteiger partial charge in [0.1, 0.15) is 0 Å². The number of rotatable bonds is 6. The number of likely N-dealkylation sites (N-methyl/N-ethyl adjacent to an activating group) is 1. The van der Waals surface area contributed by atoms with Crippen molar-refractivity contribution in [3.63, 3.8) is 0 Å². The van der Waals surface area contributed by atoms with E-state index in [9.17, 15) is 13.2 Å². The lowest BCUT2D eigenvalue weighted by Gasteiger charge is -2.33. The fourth-order valence-corrected chi connectivity index (χ4v) is 6.65. The molecule has 2 aliphatic heterocycles. The van der Waals surface area contributed by atoms with Gasteiger partial charge in [-0.15, -0.1) is 0 Å². The normalized spacial score (nSPS) is 20.2. The number of hydrogen-bond donors (Lipinski definition) is 1. The maximum atomic E-state index is 13.4. The number of nitrogens with one attached hydrogen (secondary N) is 1. The number of piperidine rings is 1. The zero-order valence-corrected chi connectivity index (χ0v) is 20.5. The van der Waals surface area contributed by atoms with Crippen LogP contribution in [0.2, 0.25) is 0 Å². The first kappa shape index (κ1) is 24.2. The summed E-state index contributed by atoms with van der Waals surface area (Å²) in [6.45, 7) is 14.2. The molecule has 2 saturated heterocycles. The van der Waals surface area contributed by atoms with Gasteiger partial charge in [0, 0.05) is 58.3 Å². The van der Waals surface area contributed by atoms with Crippen molar-refractivity contribution in [1.82, 2.24) is 19.4 Å². The van der Waals surface area contributed by atoms with Gasteiger partial charge in [0.15, 0.2) is 0 Å². The zero-order valence-electron chi connectivity index (χ0n) is 19.7. The van der Waals surface area contributed by atoms with Crippen LogP contribution in [-0.2, 0) is 14.8 Å². The molecule has 2 fully saturated rings. The molecule has 8 heteroatoms. The number of carbonyl (C=O) groups excluding carboxylic acids is 1. The van der Waals surface area contributed by atoms with Crippen LogP contribution in [0.25, 0.3) is 0 Å². The highest BCUT2D eigenvalue weighted by molar-refractivity contribution is 7.89. The summed E-state index contributed by atoms with van der Waals surface area (Å²) in [6.07, 6.45) is 1.14. The van der Waals surface area contributed by atoms with Gasteiger partial charge in [0.25, 0.3) is 0 Å². The predicted octanol–water partition coefficient (Wildman–Crippen LogP) is 1.68. The van der Waals surface area contributed by atoms with Gasteiger partial charge in [-0.1, -0.05) is 6.07 Å². The first-order chi connectivity index (χ1) is 14.6. The lowest BCUT2D eigenvalue weighted by molar-refractivity contribution is -0.126. The number of carbonyl (C=O) groups is 1. The molecule has 0 aromatic heterocycles. The van der Waals surface area contributed by atoms with Crippen molar-refractivity contribution in [2.24, 2.45) is 5.92 Å². The van der Waals surface area contributed by atoms with Crippen molar-refractivity contribution in [1.29, 1.82) is 0 Å². The van der Waals surface area contributed by atoms with Crippen molar-refractivity contribution >= 4 is 15.9 Å². The van der Waals surface area contributed by atoms with Gasteiger partial charge in [-0.05, 0) is 69.8 Å². The Labute approximate surface area is 187 Å². The van der Waals surface area contributed by atoms with Gasteiger partial charge in [-0.2, -0.15) is 4.31 Å². The fraction of sp³-hybridized carbons (Fsp3) is 0.696. The average Bonchev–Trinajstić information content (AvgIpc) is 2.74. The standard InChI is InChI=1S/C23H38N4O3S/c1-17-16-18(2)20(4)22(19(17)3)31(29,30)27-9-6-21(7-10-27)23(28)24-8-11-26-14-12-25(5)13-15-26/h16,21H,6-15H2,1-5H3,(H,24,28). The quantitative estimate of drug-likeness (QED) is 0.714. The highest BCUT2D eigenvalue weighted by Crippen LogP contribution is 2.31. The van der Waals surface area contributed by atoms with Crippen LogP contribution in [0.1, 0.15) is 35.1 Å². The van der Waals surface area contributed by atoms with Crippen LogP contribution in [0, 0.1) is 33.6 Å². The summed E-state index contributed by atoms with van der Waals surface area (Å²) in [4.78, 5) is 17.8. The molecule has 174 valence electrons. The third kappa shape index (κ3) is 5.48. The van der Waals surface area contributed by atoms with Crippen LogP contribution in [0.3, 0.4) is 0 Å². The molecular formula is C23H38N4O3S. The number of nitrogens with zero attached hydrogens (tertiary/aromatic N) is 3. The number of hydrogen-bond acceptors (Lipinski definition) is 5. The summed E-state index contributed by atoms with van der Waals surface area (Å²) in [5, 5.41) is 3.07. The van der Waals surface area contributed by atoms with E-state index in [1.165, 1.54) is 0 Å². The Balaban J connectivity index is 1.54. The number of benzene rings is 1. The molecule has 3 rings (SSSR count). The van der Waals surface area contributed by atoms with Gasteiger partial charge in [-0.3, -0.25) is 9.69 Å². The number of sulfonamides is 1. The Morgan fingerprint density at radius 3 is 2.06 bits per heavy atom. The second-order valence-electron chi connectivity index (χ2n) is 9.20. The van der Waals surface area contributed by atoms with Crippen LogP contribution >= 0.6 is 0 Å². The maximum Gasteiger partial charge on any atom is 0.243 e. The molecule has 2 heterocycles. The van der Waals surface area contributed by atoms with Crippen LogP contribution in [0.5, 0.6) is 0 Å². The largest absolute Gasteiger partial charge is 0.355 e. The summed E-state index contributed by atoms with van der Waals surface area (Å²) in [6, 6.07) is 2.04. The van der Waals surface area contributed by atoms with Gasteiger partial charge in [0.2, 0.25) is 15.9 Å². The Bertz CT molecular complexity index is 874. The molecule has 0 spiro atoms. The third-order valence-electron chi connectivity index (χ3n) is 7.04. The predicted molar refractivity (Wildman–Crippen MR) is 124 cm³/mol.